The highest BCUT2D eigenvalue weighted by atomic mass is 32.1. The molecule has 0 amide bonds. The monoisotopic (exact) mass is 244 g/mol. The number of fused-ring (bicyclic) bond motifs is 3. The summed E-state index contributed by atoms with van der Waals surface area (Å²) in [5.41, 5.74) is 2.49. The molecule has 1 aromatic rings. The van der Waals surface area contributed by atoms with Crippen LogP contribution < -0.4 is 10.2 Å². The van der Waals surface area contributed by atoms with Gasteiger partial charge in [-0.3, -0.25) is 10.2 Å². The van der Waals surface area contributed by atoms with E-state index in [2.05, 4.69) is 0 Å². The highest BCUT2D eigenvalue weighted by Gasteiger charge is 2.25. The van der Waals surface area contributed by atoms with Gasteiger partial charge in [-0.2, -0.15) is 5.26 Å². The van der Waals surface area contributed by atoms with Crippen LogP contribution in [0.3, 0.4) is 0 Å². The molecule has 0 saturated heterocycles. The summed E-state index contributed by atoms with van der Waals surface area (Å²) in [6.45, 7) is 3.66. The number of rotatable bonds is 0. The van der Waals surface area contributed by atoms with E-state index in [1.807, 2.05) is 19.9 Å². The Kier molecular flexibility index (Phi) is 1.75. The zero-order chi connectivity index (χ0) is 12.3. The Morgan fingerprint density at radius 2 is 2.12 bits per heavy atom. The molecule has 1 aromatic heterocycles. The Labute approximate surface area is 100.0 Å². The number of thiophene rings is 1. The first kappa shape index (κ1) is 10.1. The molecule has 0 spiro atoms. The molecule has 0 fully saturated rings. The van der Waals surface area contributed by atoms with Gasteiger partial charge in [0, 0.05) is 11.8 Å². The molecule has 0 atom stereocenters. The van der Waals surface area contributed by atoms with Gasteiger partial charge in [0.1, 0.15) is 22.0 Å². The van der Waals surface area contributed by atoms with E-state index in [4.69, 9.17) is 10.7 Å². The van der Waals surface area contributed by atoms with Crippen LogP contribution in [0.4, 0.5) is 0 Å². The smallest absolute Gasteiger partial charge is 0.271 e. The molecule has 17 heavy (non-hydrogen) atoms. The number of aryl methyl sites for hydroxylation is 2. The van der Waals surface area contributed by atoms with Gasteiger partial charge in [0.2, 0.25) is 0 Å². The first-order chi connectivity index (χ1) is 8.06. The summed E-state index contributed by atoms with van der Waals surface area (Å²) >= 11 is 1.24. The Balaban J connectivity index is 2.74. The van der Waals surface area contributed by atoms with Crippen LogP contribution in [-0.4, -0.2) is 9.03 Å². The fraction of sp³-hybridized carbons (Fsp3) is 0.182. The number of hydrogen-bond acceptors (Lipinski definition) is 4. The SMILES string of the molecule is Cc1cc(=O)n2c(C)c3sc(=N)c(C#N)c-3n12. The lowest BCUT2D eigenvalue weighted by molar-refractivity contribution is 0.794. The average Bonchev–Trinajstić information content (AvgIpc) is 2.82. The van der Waals surface area contributed by atoms with Crippen molar-refractivity contribution in [2.75, 3.05) is 0 Å². The van der Waals surface area contributed by atoms with Crippen LogP contribution in [0.2, 0.25) is 0 Å². The molecule has 6 heteroatoms. The van der Waals surface area contributed by atoms with Crippen LogP contribution in [0, 0.1) is 30.6 Å². The number of aromatic nitrogens is 2. The first-order valence-electron chi connectivity index (χ1n) is 5.01. The van der Waals surface area contributed by atoms with Crippen molar-refractivity contribution in [2.45, 2.75) is 13.8 Å². The Morgan fingerprint density at radius 3 is 2.76 bits per heavy atom. The molecule has 0 bridgehead atoms. The second-order valence-corrected chi connectivity index (χ2v) is 4.95. The van der Waals surface area contributed by atoms with Gasteiger partial charge in [-0.15, -0.1) is 11.3 Å². The zero-order valence-corrected chi connectivity index (χ0v) is 10.1. The topological polar surface area (TPSA) is 73.5 Å². The minimum atomic E-state index is -0.0983. The standard InChI is InChI=1S/C11H8N4OS/c1-5-3-8(16)15-6(2)10-9(14(5)15)7(4-12)11(13)17-10/h3,13H,1-2H3. The summed E-state index contributed by atoms with van der Waals surface area (Å²) in [7, 11) is 0. The van der Waals surface area contributed by atoms with Crippen molar-refractivity contribution in [3.8, 4) is 16.6 Å². The molecule has 0 aromatic carbocycles. The molecule has 2 aliphatic rings. The summed E-state index contributed by atoms with van der Waals surface area (Å²) in [5.74, 6) is 0. The van der Waals surface area contributed by atoms with E-state index in [0.717, 1.165) is 16.3 Å². The van der Waals surface area contributed by atoms with Crippen molar-refractivity contribution in [1.29, 1.82) is 10.7 Å². The summed E-state index contributed by atoms with van der Waals surface area (Å²) in [6.07, 6.45) is 0. The van der Waals surface area contributed by atoms with Crippen molar-refractivity contribution in [3.05, 3.63) is 38.0 Å². The molecule has 0 saturated carbocycles. The van der Waals surface area contributed by atoms with Gasteiger partial charge >= 0.3 is 0 Å². The van der Waals surface area contributed by atoms with Crippen molar-refractivity contribution < 1.29 is 0 Å². The predicted molar refractivity (Wildman–Crippen MR) is 62.8 cm³/mol. The molecule has 0 aliphatic carbocycles. The second kappa shape index (κ2) is 2.96. The van der Waals surface area contributed by atoms with Crippen molar-refractivity contribution in [3.63, 3.8) is 0 Å². The highest BCUT2D eigenvalue weighted by molar-refractivity contribution is 7.13. The van der Waals surface area contributed by atoms with Gasteiger partial charge in [0.15, 0.2) is 0 Å². The zero-order valence-electron chi connectivity index (χ0n) is 9.24. The third-order valence-electron chi connectivity index (χ3n) is 2.93. The van der Waals surface area contributed by atoms with Crippen LogP contribution in [0.25, 0.3) is 10.6 Å². The molecule has 1 N–H and O–H groups in total. The fourth-order valence-corrected chi connectivity index (χ4v) is 3.19. The van der Waals surface area contributed by atoms with E-state index in [9.17, 15) is 4.79 Å². The third kappa shape index (κ3) is 1.02. The largest absolute Gasteiger partial charge is 0.289 e. The first-order valence-corrected chi connectivity index (χ1v) is 5.82. The van der Waals surface area contributed by atoms with Gasteiger partial charge in [-0.1, -0.05) is 0 Å². The number of nitrogens with zero attached hydrogens (tertiary/aromatic N) is 3. The van der Waals surface area contributed by atoms with Gasteiger partial charge in [-0.25, -0.2) is 9.03 Å². The maximum Gasteiger partial charge on any atom is 0.271 e. The Hall–Kier alpha value is -2.13. The van der Waals surface area contributed by atoms with E-state index in [1.54, 1.807) is 9.03 Å². The quantitative estimate of drug-likeness (QED) is 0.640. The van der Waals surface area contributed by atoms with Crippen molar-refractivity contribution >= 4 is 11.3 Å². The maximum absolute atomic E-state index is 11.8. The number of nitrogens with one attached hydrogen (secondary N) is 1. The number of hydrogen-bond donors (Lipinski definition) is 1. The summed E-state index contributed by atoms with van der Waals surface area (Å²) in [6, 6.07) is 3.58. The van der Waals surface area contributed by atoms with Gasteiger partial charge in [0.25, 0.3) is 5.56 Å². The van der Waals surface area contributed by atoms with Gasteiger partial charge in [0.05, 0.1) is 10.6 Å². The molecule has 3 rings (SSSR count). The lowest BCUT2D eigenvalue weighted by Crippen LogP contribution is -2.10. The van der Waals surface area contributed by atoms with Gasteiger partial charge < -0.3 is 0 Å². The van der Waals surface area contributed by atoms with E-state index in [-0.39, 0.29) is 10.2 Å². The normalized spacial score (nSPS) is 11.4. The van der Waals surface area contributed by atoms with E-state index >= 15 is 0 Å². The van der Waals surface area contributed by atoms with Crippen LogP contribution in [0.1, 0.15) is 17.0 Å². The lowest BCUT2D eigenvalue weighted by atomic mass is 10.2. The fourth-order valence-electron chi connectivity index (χ4n) is 2.22. The van der Waals surface area contributed by atoms with Gasteiger partial charge in [-0.05, 0) is 13.8 Å². The molecule has 84 valence electrons. The Morgan fingerprint density at radius 1 is 1.41 bits per heavy atom. The maximum atomic E-state index is 11.8. The summed E-state index contributed by atoms with van der Waals surface area (Å²) in [4.78, 5) is 12.6. The molecular formula is C11H8N4OS. The van der Waals surface area contributed by atoms with Crippen molar-refractivity contribution in [1.82, 2.24) is 9.03 Å². The van der Waals surface area contributed by atoms with E-state index in [0.29, 0.717) is 11.3 Å². The summed E-state index contributed by atoms with van der Waals surface area (Å²) < 4.78 is 3.53. The minimum absolute atomic E-state index is 0.0983. The predicted octanol–water partition coefficient (Wildman–Crippen LogP) is 0.971. The van der Waals surface area contributed by atoms with Crippen LogP contribution in [-0.2, 0) is 0 Å². The highest BCUT2D eigenvalue weighted by Crippen LogP contribution is 2.32. The average molecular weight is 244 g/mol. The summed E-state index contributed by atoms with van der Waals surface area (Å²) in [5, 5.41) is 16.9. The van der Waals surface area contributed by atoms with E-state index < -0.39 is 0 Å². The third-order valence-corrected chi connectivity index (χ3v) is 4.03. The van der Waals surface area contributed by atoms with Crippen LogP contribution >= 0.6 is 11.3 Å². The van der Waals surface area contributed by atoms with Crippen LogP contribution in [0.15, 0.2) is 10.9 Å². The molecule has 0 unspecified atom stereocenters. The minimum Gasteiger partial charge on any atom is -0.289 e. The van der Waals surface area contributed by atoms with E-state index in [1.165, 1.54) is 17.4 Å². The molecule has 0 radical (unpaired) electrons. The Bertz CT molecular complexity index is 861. The van der Waals surface area contributed by atoms with Crippen molar-refractivity contribution in [2.24, 2.45) is 0 Å². The molecule has 2 aliphatic heterocycles. The number of nitriles is 1. The second-order valence-electron chi connectivity index (χ2n) is 3.93. The molecule has 5 nitrogen and oxygen atoms in total. The lowest BCUT2D eigenvalue weighted by Gasteiger charge is -1.94. The molecule has 3 heterocycles. The molecular weight excluding hydrogens is 236 g/mol. The van der Waals surface area contributed by atoms with Crippen LogP contribution in [0.5, 0.6) is 0 Å².